The van der Waals surface area contributed by atoms with E-state index in [0.29, 0.717) is 23.3 Å². The topological polar surface area (TPSA) is 20.3 Å². The number of ketones is 1. The fourth-order valence-corrected chi connectivity index (χ4v) is 2.62. The van der Waals surface area contributed by atoms with Crippen LogP contribution in [0.15, 0.2) is 12.1 Å². The molecule has 0 amide bonds. The lowest BCUT2D eigenvalue weighted by Gasteiger charge is -2.30. The van der Waals surface area contributed by atoms with E-state index in [1.807, 2.05) is 19.1 Å². The van der Waals surface area contributed by atoms with Crippen LogP contribution in [0, 0.1) is 25.6 Å². The first kappa shape index (κ1) is 13.2. The molecule has 1 aromatic carbocycles. The van der Waals surface area contributed by atoms with Crippen LogP contribution in [0.1, 0.15) is 30.0 Å². The van der Waals surface area contributed by atoms with Crippen molar-refractivity contribution in [2.45, 2.75) is 33.7 Å². The van der Waals surface area contributed by atoms with Crippen LogP contribution in [-0.4, -0.2) is 23.8 Å². The lowest BCUT2D eigenvalue weighted by Crippen LogP contribution is -2.39. The number of Topliss-reactive ketones (excluding diaryl/α,β-unsaturated/α-hetero) is 1. The van der Waals surface area contributed by atoms with Crippen molar-refractivity contribution in [3.8, 4) is 0 Å². The van der Waals surface area contributed by atoms with Gasteiger partial charge in [0.15, 0.2) is 0 Å². The number of rotatable bonds is 2. The highest BCUT2D eigenvalue weighted by atomic mass is 19.1. The van der Waals surface area contributed by atoms with Crippen molar-refractivity contribution in [2.24, 2.45) is 5.92 Å². The van der Waals surface area contributed by atoms with Gasteiger partial charge in [-0.2, -0.15) is 0 Å². The molecule has 2 nitrogen and oxygen atoms in total. The van der Waals surface area contributed by atoms with Gasteiger partial charge in [0, 0.05) is 32.0 Å². The van der Waals surface area contributed by atoms with E-state index >= 15 is 0 Å². The van der Waals surface area contributed by atoms with E-state index in [9.17, 15) is 9.18 Å². The first-order valence-corrected chi connectivity index (χ1v) is 6.48. The molecular weight excluding hydrogens is 229 g/mol. The van der Waals surface area contributed by atoms with Gasteiger partial charge in [0.1, 0.15) is 11.6 Å². The number of nitrogens with zero attached hydrogens (tertiary/aromatic N) is 1. The van der Waals surface area contributed by atoms with Gasteiger partial charge in [0.05, 0.1) is 0 Å². The Kier molecular flexibility index (Phi) is 3.81. The minimum Gasteiger partial charge on any atom is -0.299 e. The maximum Gasteiger partial charge on any atom is 0.138 e. The largest absolute Gasteiger partial charge is 0.299 e. The highest BCUT2D eigenvalue weighted by molar-refractivity contribution is 5.81. The zero-order valence-electron chi connectivity index (χ0n) is 11.3. The summed E-state index contributed by atoms with van der Waals surface area (Å²) in [5.74, 6) is 0.375. The van der Waals surface area contributed by atoms with Gasteiger partial charge in [-0.25, -0.2) is 4.39 Å². The van der Waals surface area contributed by atoms with E-state index in [2.05, 4.69) is 4.90 Å². The van der Waals surface area contributed by atoms with E-state index in [0.717, 1.165) is 25.2 Å². The van der Waals surface area contributed by atoms with Crippen LogP contribution in [0.2, 0.25) is 0 Å². The molecule has 0 aromatic heterocycles. The Labute approximate surface area is 108 Å². The molecule has 1 atom stereocenters. The second-order valence-electron chi connectivity index (χ2n) is 5.40. The Hall–Kier alpha value is -1.22. The average molecular weight is 249 g/mol. The van der Waals surface area contributed by atoms with Crippen LogP contribution in [0.4, 0.5) is 4.39 Å². The first-order chi connectivity index (χ1) is 8.47. The van der Waals surface area contributed by atoms with Crippen LogP contribution < -0.4 is 0 Å². The Morgan fingerprint density at radius 2 is 1.94 bits per heavy atom. The van der Waals surface area contributed by atoms with Gasteiger partial charge in [-0.3, -0.25) is 9.69 Å². The van der Waals surface area contributed by atoms with Crippen LogP contribution in [0.25, 0.3) is 0 Å². The molecule has 0 bridgehead atoms. The number of hydrogen-bond acceptors (Lipinski definition) is 2. The maximum atomic E-state index is 13.5. The molecule has 0 N–H and O–H groups in total. The highest BCUT2D eigenvalue weighted by Gasteiger charge is 2.23. The van der Waals surface area contributed by atoms with Gasteiger partial charge in [0.25, 0.3) is 0 Å². The Bertz CT molecular complexity index is 447. The first-order valence-electron chi connectivity index (χ1n) is 6.48. The number of piperidine rings is 1. The van der Waals surface area contributed by atoms with E-state index in [-0.39, 0.29) is 11.7 Å². The summed E-state index contributed by atoms with van der Waals surface area (Å²) in [5.41, 5.74) is 2.53. The van der Waals surface area contributed by atoms with Crippen molar-refractivity contribution in [2.75, 3.05) is 13.1 Å². The molecular formula is C15H20FNO. The van der Waals surface area contributed by atoms with E-state index < -0.39 is 0 Å². The summed E-state index contributed by atoms with van der Waals surface area (Å²) >= 11 is 0. The quantitative estimate of drug-likeness (QED) is 0.803. The summed E-state index contributed by atoms with van der Waals surface area (Å²) in [7, 11) is 0. The predicted octanol–water partition coefficient (Wildman–Crippen LogP) is 2.85. The number of carbonyl (C=O) groups is 1. The lowest BCUT2D eigenvalue weighted by atomic mass is 9.97. The van der Waals surface area contributed by atoms with Crippen molar-refractivity contribution in [3.63, 3.8) is 0 Å². The maximum absolute atomic E-state index is 13.5. The summed E-state index contributed by atoms with van der Waals surface area (Å²) < 4.78 is 13.5. The molecule has 1 aromatic rings. The summed E-state index contributed by atoms with van der Waals surface area (Å²) in [6, 6.07) is 3.81. The standard InChI is InChI=1S/C15H20FNO/c1-10-6-13(7-11(2)15(10)16)9-17-5-4-14(18)12(3)8-17/h6-7,12H,4-5,8-9H2,1-3H3. The number of halogens is 1. The Balaban J connectivity index is 2.08. The summed E-state index contributed by atoms with van der Waals surface area (Å²) in [5, 5.41) is 0. The zero-order valence-corrected chi connectivity index (χ0v) is 11.3. The molecule has 1 saturated heterocycles. The van der Waals surface area contributed by atoms with Gasteiger partial charge < -0.3 is 0 Å². The fourth-order valence-electron chi connectivity index (χ4n) is 2.62. The van der Waals surface area contributed by atoms with Gasteiger partial charge in [-0.1, -0.05) is 19.1 Å². The SMILES string of the molecule is Cc1cc(CN2CCC(=O)C(C)C2)cc(C)c1F. The smallest absolute Gasteiger partial charge is 0.138 e. The number of benzene rings is 1. The monoisotopic (exact) mass is 249 g/mol. The van der Waals surface area contributed by atoms with Crippen LogP contribution in [0.3, 0.4) is 0 Å². The normalized spacial score (nSPS) is 21.3. The third-order valence-electron chi connectivity index (χ3n) is 3.66. The average Bonchev–Trinajstić information content (AvgIpc) is 2.31. The second kappa shape index (κ2) is 5.19. The summed E-state index contributed by atoms with van der Waals surface area (Å²) in [4.78, 5) is 13.7. The number of aryl methyl sites for hydroxylation is 2. The molecule has 3 heteroatoms. The Morgan fingerprint density at radius 1 is 1.33 bits per heavy atom. The van der Waals surface area contributed by atoms with Crippen molar-refractivity contribution in [3.05, 3.63) is 34.6 Å². The zero-order chi connectivity index (χ0) is 13.3. The lowest BCUT2D eigenvalue weighted by molar-refractivity contribution is -0.125. The van der Waals surface area contributed by atoms with Crippen molar-refractivity contribution in [1.82, 2.24) is 4.90 Å². The third-order valence-corrected chi connectivity index (χ3v) is 3.66. The molecule has 1 fully saturated rings. The summed E-state index contributed by atoms with van der Waals surface area (Å²) in [6.07, 6.45) is 0.639. The molecule has 98 valence electrons. The predicted molar refractivity (Wildman–Crippen MR) is 69.9 cm³/mol. The van der Waals surface area contributed by atoms with Crippen LogP contribution in [-0.2, 0) is 11.3 Å². The van der Waals surface area contributed by atoms with Gasteiger partial charge in [0.2, 0.25) is 0 Å². The van der Waals surface area contributed by atoms with Crippen LogP contribution in [0.5, 0.6) is 0 Å². The van der Waals surface area contributed by atoms with Crippen molar-refractivity contribution in [1.29, 1.82) is 0 Å². The fraction of sp³-hybridized carbons (Fsp3) is 0.533. The molecule has 2 rings (SSSR count). The second-order valence-corrected chi connectivity index (χ2v) is 5.40. The van der Waals surface area contributed by atoms with Gasteiger partial charge >= 0.3 is 0 Å². The molecule has 1 heterocycles. The molecule has 1 aliphatic rings. The van der Waals surface area contributed by atoms with E-state index in [1.165, 1.54) is 0 Å². The molecule has 1 aliphatic heterocycles. The van der Waals surface area contributed by atoms with Crippen molar-refractivity contribution >= 4 is 5.78 Å². The van der Waals surface area contributed by atoms with Gasteiger partial charge in [-0.15, -0.1) is 0 Å². The van der Waals surface area contributed by atoms with Crippen LogP contribution >= 0.6 is 0 Å². The van der Waals surface area contributed by atoms with Gasteiger partial charge in [-0.05, 0) is 30.5 Å². The minimum absolute atomic E-state index is 0.110. The molecule has 18 heavy (non-hydrogen) atoms. The molecule has 1 unspecified atom stereocenters. The number of hydrogen-bond donors (Lipinski definition) is 0. The number of carbonyl (C=O) groups excluding carboxylic acids is 1. The highest BCUT2D eigenvalue weighted by Crippen LogP contribution is 2.19. The summed E-state index contributed by atoms with van der Waals surface area (Å²) in [6.45, 7) is 8.02. The molecule has 0 aliphatic carbocycles. The molecule has 0 saturated carbocycles. The minimum atomic E-state index is -0.110. The van der Waals surface area contributed by atoms with E-state index in [1.54, 1.807) is 13.8 Å². The number of likely N-dealkylation sites (tertiary alicyclic amines) is 1. The molecule has 0 spiro atoms. The van der Waals surface area contributed by atoms with E-state index in [4.69, 9.17) is 0 Å². The Morgan fingerprint density at radius 3 is 2.50 bits per heavy atom. The van der Waals surface area contributed by atoms with Crippen molar-refractivity contribution < 1.29 is 9.18 Å². The third kappa shape index (κ3) is 2.78. The molecule has 0 radical (unpaired) electrons.